The monoisotopic (exact) mass is 628 g/mol. The lowest BCUT2D eigenvalue weighted by atomic mass is 9.89. The molecule has 0 unspecified atom stereocenters. The van der Waals surface area contributed by atoms with E-state index in [1.54, 1.807) is 25.0 Å². The van der Waals surface area contributed by atoms with Crippen LogP contribution in [0.25, 0.3) is 0 Å². The lowest BCUT2D eigenvalue weighted by molar-refractivity contribution is 0.173. The molecule has 0 N–H and O–H groups in total. The van der Waals surface area contributed by atoms with Gasteiger partial charge in [0.25, 0.3) is 0 Å². The van der Waals surface area contributed by atoms with Gasteiger partial charge in [0.2, 0.25) is 0 Å². The van der Waals surface area contributed by atoms with Crippen molar-refractivity contribution in [2.24, 2.45) is 21.0 Å². The van der Waals surface area contributed by atoms with Gasteiger partial charge < -0.3 is 22.9 Å². The van der Waals surface area contributed by atoms with E-state index in [-0.39, 0.29) is 27.1 Å². The van der Waals surface area contributed by atoms with Crippen molar-refractivity contribution in [3.63, 3.8) is 0 Å². The minimum atomic E-state index is 0.0451. The number of furan rings is 1. The Morgan fingerprint density at radius 1 is 0.644 bits per heavy atom. The second-order valence-electron chi connectivity index (χ2n) is 16.1. The summed E-state index contributed by atoms with van der Waals surface area (Å²) in [6, 6.07) is 5.81. The largest absolute Gasteiger partial charge is 0.479 e. The van der Waals surface area contributed by atoms with Gasteiger partial charge in [0.05, 0.1) is 30.4 Å². The Balaban J connectivity index is 0.000000281. The van der Waals surface area contributed by atoms with Crippen LogP contribution < -0.4 is 0 Å². The third-order valence-corrected chi connectivity index (χ3v) is 6.24. The van der Waals surface area contributed by atoms with Crippen LogP contribution in [0.15, 0.2) is 66.7 Å². The minimum absolute atomic E-state index is 0.0451. The van der Waals surface area contributed by atoms with Gasteiger partial charge in [-0.15, -0.1) is 0 Å². The maximum atomic E-state index is 5.27. The van der Waals surface area contributed by atoms with E-state index >= 15 is 0 Å². The topological polar surface area (TPSA) is 108 Å². The van der Waals surface area contributed by atoms with Crippen LogP contribution in [-0.4, -0.2) is 41.5 Å². The highest BCUT2D eigenvalue weighted by atomic mass is 16.6. The number of hydrogen-bond donors (Lipinski definition) is 0. The highest BCUT2D eigenvalue weighted by Gasteiger charge is 2.23. The lowest BCUT2D eigenvalue weighted by Crippen LogP contribution is -2.20. The van der Waals surface area contributed by atoms with E-state index in [0.717, 1.165) is 49.4 Å². The average Bonchev–Trinajstić information content (AvgIpc) is 3.75. The number of hydrogen-bond acceptors (Lipinski definition) is 9. The molecule has 2 aliphatic heterocycles. The van der Waals surface area contributed by atoms with E-state index in [0.29, 0.717) is 0 Å². The molecule has 45 heavy (non-hydrogen) atoms. The fraction of sp³-hybridized carbons (Fsp3) is 0.667. The molecule has 9 nitrogen and oxygen atoms in total. The number of nitrogens with zero attached hydrogens (tertiary/aromatic N) is 4. The van der Waals surface area contributed by atoms with Gasteiger partial charge in [0.15, 0.2) is 11.8 Å². The number of ether oxygens (including phenoxy) is 1. The Morgan fingerprint density at radius 3 is 1.53 bits per heavy atom. The molecule has 254 valence electrons. The second kappa shape index (κ2) is 16.8. The fourth-order valence-electron chi connectivity index (χ4n) is 3.51. The smallest absolute Gasteiger partial charge is 0.199 e. The molecule has 0 amide bonds. The van der Waals surface area contributed by atoms with Crippen LogP contribution in [0.5, 0.6) is 0 Å². The van der Waals surface area contributed by atoms with Gasteiger partial charge >= 0.3 is 0 Å². The maximum Gasteiger partial charge on any atom is 0.199 e. The summed E-state index contributed by atoms with van der Waals surface area (Å²) in [6.07, 6.45) is 7.58. The van der Waals surface area contributed by atoms with E-state index in [9.17, 15) is 0 Å². The zero-order chi connectivity index (χ0) is 34.5. The lowest BCUT2D eigenvalue weighted by Gasteiger charge is -2.16. The van der Waals surface area contributed by atoms with E-state index in [2.05, 4.69) is 124 Å². The molecule has 0 saturated heterocycles. The molecule has 2 aliphatic rings. The zero-order valence-electron chi connectivity index (χ0n) is 30.7. The van der Waals surface area contributed by atoms with Crippen molar-refractivity contribution in [3.05, 3.63) is 60.5 Å². The molecular weight excluding hydrogens is 568 g/mol. The summed E-state index contributed by atoms with van der Waals surface area (Å²) < 4.78 is 20.2. The molecule has 0 bridgehead atoms. The summed E-state index contributed by atoms with van der Waals surface area (Å²) in [4.78, 5) is 13.1. The Kier molecular flexibility index (Phi) is 14.8. The molecule has 0 fully saturated rings. The van der Waals surface area contributed by atoms with Crippen molar-refractivity contribution in [1.29, 1.82) is 0 Å². The van der Waals surface area contributed by atoms with E-state index < -0.39 is 0 Å². The van der Waals surface area contributed by atoms with Gasteiger partial charge in [-0.2, -0.15) is 0 Å². The molecule has 0 atom stereocenters. The Labute approximate surface area is 272 Å². The van der Waals surface area contributed by atoms with Gasteiger partial charge in [-0.3, -0.25) is 4.99 Å². The van der Waals surface area contributed by atoms with Gasteiger partial charge in [0.1, 0.15) is 31.5 Å². The molecule has 9 heteroatoms. The third-order valence-electron chi connectivity index (χ3n) is 6.24. The van der Waals surface area contributed by atoms with E-state index in [1.807, 2.05) is 18.2 Å². The standard InChI is InChI=1S/C8H12O.C7H13NO.C7H11NO.C7H13NO.C7H11NO/c1-8(2,3)7-5-4-6-9-7;2*1-7(2,3)6-8-4-5-9-6;2*1-7(2,3)6-4-5-9-8-6/h4-6H,1-3H3;4-5H2,1-3H3;4-5H,1-3H3;4-5H2,1-3H3;4-5H,1-3H3. The van der Waals surface area contributed by atoms with Gasteiger partial charge in [-0.05, 0) is 12.1 Å². The third kappa shape index (κ3) is 16.0. The van der Waals surface area contributed by atoms with Crippen LogP contribution in [0.2, 0.25) is 0 Å². The molecule has 5 heterocycles. The summed E-state index contributed by atoms with van der Waals surface area (Å²) in [5.41, 5.74) is 2.82. The Bertz CT molecular complexity index is 1100. The number of oxazole rings is 1. The summed E-state index contributed by atoms with van der Waals surface area (Å²) >= 11 is 0. The van der Waals surface area contributed by atoms with Crippen LogP contribution >= 0.6 is 0 Å². The van der Waals surface area contributed by atoms with Crippen molar-refractivity contribution < 1.29 is 22.9 Å². The van der Waals surface area contributed by atoms with Gasteiger partial charge in [-0.25, -0.2) is 4.98 Å². The van der Waals surface area contributed by atoms with Crippen molar-refractivity contribution in [1.82, 2.24) is 10.1 Å². The molecule has 0 aliphatic carbocycles. The molecule has 5 rings (SSSR count). The van der Waals surface area contributed by atoms with Crippen LogP contribution in [0.4, 0.5) is 0 Å². The molecule has 0 aromatic carbocycles. The van der Waals surface area contributed by atoms with Crippen LogP contribution in [0.1, 0.15) is 128 Å². The molecule has 0 radical (unpaired) electrons. The highest BCUT2D eigenvalue weighted by molar-refractivity contribution is 5.89. The van der Waals surface area contributed by atoms with Gasteiger partial charge in [-0.1, -0.05) is 114 Å². The summed E-state index contributed by atoms with van der Waals surface area (Å²) in [7, 11) is 0. The van der Waals surface area contributed by atoms with E-state index in [1.165, 1.54) is 5.71 Å². The quantitative estimate of drug-likeness (QED) is 0.244. The minimum Gasteiger partial charge on any atom is -0.479 e. The molecule has 3 aromatic rings. The normalized spacial score (nSPS) is 14.8. The predicted octanol–water partition coefficient (Wildman–Crippen LogP) is 9.79. The first-order valence-electron chi connectivity index (χ1n) is 15.7. The zero-order valence-corrected chi connectivity index (χ0v) is 30.7. The maximum absolute atomic E-state index is 5.27. The van der Waals surface area contributed by atoms with Crippen LogP contribution in [-0.2, 0) is 25.8 Å². The van der Waals surface area contributed by atoms with Crippen molar-refractivity contribution in [3.8, 4) is 0 Å². The van der Waals surface area contributed by atoms with Gasteiger partial charge in [0, 0.05) is 39.6 Å². The fourth-order valence-corrected chi connectivity index (χ4v) is 3.51. The SMILES string of the molecule is CC(C)(C)C1=NCCO1.CC(C)(C)C1=NOCC1.CC(C)(C)c1ccco1.CC(C)(C)c1ccon1.CC(C)(C)c1ncco1. The van der Waals surface area contributed by atoms with Crippen molar-refractivity contribution >= 4 is 11.6 Å². The number of rotatable bonds is 0. The summed E-state index contributed by atoms with van der Waals surface area (Å²) in [6.45, 7) is 34.1. The average molecular weight is 629 g/mol. The molecule has 0 spiro atoms. The summed E-state index contributed by atoms with van der Waals surface area (Å²) in [5, 5.41) is 7.74. The van der Waals surface area contributed by atoms with E-state index in [4.69, 9.17) is 22.9 Å². The Hall–Kier alpha value is -3.36. The number of aliphatic imine (C=N–C) groups is 1. The first-order chi connectivity index (χ1) is 20.5. The highest BCUT2D eigenvalue weighted by Crippen LogP contribution is 2.23. The van der Waals surface area contributed by atoms with Crippen molar-refractivity contribution in [2.75, 3.05) is 19.8 Å². The molecule has 0 saturated carbocycles. The van der Waals surface area contributed by atoms with Crippen LogP contribution in [0, 0.1) is 10.8 Å². The first-order valence-corrected chi connectivity index (χ1v) is 15.7. The Morgan fingerprint density at radius 2 is 1.31 bits per heavy atom. The second-order valence-corrected chi connectivity index (χ2v) is 16.1. The molecule has 3 aromatic heterocycles. The predicted molar refractivity (Wildman–Crippen MR) is 183 cm³/mol. The summed E-state index contributed by atoms with van der Waals surface area (Å²) in [5.74, 6) is 2.74. The number of oxime groups is 1. The number of aromatic nitrogens is 2. The van der Waals surface area contributed by atoms with Crippen LogP contribution in [0.3, 0.4) is 0 Å². The molecular formula is C36H60N4O5. The van der Waals surface area contributed by atoms with Crippen molar-refractivity contribution in [2.45, 2.75) is 127 Å². The first kappa shape index (κ1) is 39.7.